The Labute approximate surface area is 60.9 Å². The molecule has 3 nitrogen and oxygen atoms in total. The predicted molar refractivity (Wildman–Crippen MR) is 37.1 cm³/mol. The Morgan fingerprint density at radius 2 is 2.10 bits per heavy atom. The van der Waals surface area contributed by atoms with Gasteiger partial charge in [0.1, 0.15) is 0 Å². The number of hydroxylamine groups is 2. The lowest BCUT2D eigenvalue weighted by atomic mass is 9.87. The van der Waals surface area contributed by atoms with Crippen molar-refractivity contribution in [3.8, 4) is 0 Å². The Balaban J connectivity index is 2.85. The summed E-state index contributed by atoms with van der Waals surface area (Å²) in [5.41, 5.74) is -0.352. The summed E-state index contributed by atoms with van der Waals surface area (Å²) < 4.78 is 0. The molecule has 0 bridgehead atoms. The van der Waals surface area contributed by atoms with E-state index >= 15 is 0 Å². The highest BCUT2D eigenvalue weighted by Gasteiger charge is 2.45. The zero-order valence-electron chi connectivity index (χ0n) is 6.84. The molecule has 1 fully saturated rings. The first kappa shape index (κ1) is 7.54. The number of carbonyl (C=O) groups excluding carboxylic acids is 1. The summed E-state index contributed by atoms with van der Waals surface area (Å²) in [6.45, 7) is 5.76. The molecule has 0 radical (unpaired) electrons. The molecular weight excluding hydrogens is 130 g/mol. The fraction of sp³-hybridized carbons (Fsp3) is 0.857. The lowest BCUT2D eigenvalue weighted by Crippen LogP contribution is -2.32. The van der Waals surface area contributed by atoms with Gasteiger partial charge < -0.3 is 4.84 Å². The molecule has 10 heavy (non-hydrogen) atoms. The highest BCUT2D eigenvalue weighted by molar-refractivity contribution is 5.78. The summed E-state index contributed by atoms with van der Waals surface area (Å²) in [5, 5.41) is 1.60. The molecule has 1 heterocycles. The third-order valence-corrected chi connectivity index (χ3v) is 2.34. The van der Waals surface area contributed by atoms with Crippen LogP contribution in [-0.2, 0) is 9.63 Å². The van der Waals surface area contributed by atoms with Crippen LogP contribution in [0.4, 0.5) is 0 Å². The molecule has 3 heteroatoms. The Morgan fingerprint density at radius 1 is 1.60 bits per heavy atom. The second kappa shape index (κ2) is 1.95. The van der Waals surface area contributed by atoms with E-state index in [1.54, 1.807) is 12.1 Å². The first-order valence-corrected chi connectivity index (χ1v) is 3.41. The third kappa shape index (κ3) is 0.814. The molecule has 0 aromatic carbocycles. The molecule has 1 atom stereocenters. The van der Waals surface area contributed by atoms with Crippen LogP contribution in [0, 0.1) is 5.41 Å². The predicted octanol–water partition coefficient (Wildman–Crippen LogP) is 0.805. The fourth-order valence-corrected chi connectivity index (χ4v) is 0.953. The van der Waals surface area contributed by atoms with Crippen LogP contribution >= 0.6 is 0 Å². The summed E-state index contributed by atoms with van der Waals surface area (Å²) >= 11 is 0. The van der Waals surface area contributed by atoms with Gasteiger partial charge in [0.15, 0.2) is 0 Å². The topological polar surface area (TPSA) is 29.5 Å². The van der Waals surface area contributed by atoms with E-state index in [0.717, 1.165) is 0 Å². The van der Waals surface area contributed by atoms with Gasteiger partial charge in [-0.05, 0) is 20.8 Å². The Bertz CT molecular complexity index is 165. The molecule has 1 aliphatic heterocycles. The smallest absolute Gasteiger partial charge is 0.332 e. The van der Waals surface area contributed by atoms with Crippen molar-refractivity contribution >= 4 is 5.97 Å². The number of carbonyl (C=O) groups is 1. The van der Waals surface area contributed by atoms with Crippen molar-refractivity contribution in [2.75, 3.05) is 7.05 Å². The fourth-order valence-electron chi connectivity index (χ4n) is 0.953. The van der Waals surface area contributed by atoms with E-state index in [-0.39, 0.29) is 17.4 Å². The summed E-state index contributed by atoms with van der Waals surface area (Å²) in [7, 11) is 1.78. The van der Waals surface area contributed by atoms with Crippen molar-refractivity contribution in [1.82, 2.24) is 5.06 Å². The molecule has 0 N–H and O–H groups in total. The van der Waals surface area contributed by atoms with Crippen LogP contribution < -0.4 is 0 Å². The lowest BCUT2D eigenvalue weighted by Gasteiger charge is -2.19. The second-order valence-electron chi connectivity index (χ2n) is 3.32. The molecule has 1 rings (SSSR count). The van der Waals surface area contributed by atoms with E-state index in [9.17, 15) is 4.79 Å². The summed E-state index contributed by atoms with van der Waals surface area (Å²) in [6.07, 6.45) is 0. The minimum Gasteiger partial charge on any atom is -0.367 e. The molecule has 1 unspecified atom stereocenters. The van der Waals surface area contributed by atoms with Crippen LogP contribution in [-0.4, -0.2) is 24.1 Å². The van der Waals surface area contributed by atoms with Crippen LogP contribution in [0.1, 0.15) is 20.8 Å². The summed E-state index contributed by atoms with van der Waals surface area (Å²) in [4.78, 5) is 15.9. The van der Waals surface area contributed by atoms with Gasteiger partial charge in [0, 0.05) is 7.05 Å². The molecular formula is C7H13NO2. The van der Waals surface area contributed by atoms with Gasteiger partial charge in [-0.1, -0.05) is 0 Å². The Kier molecular flexibility index (Phi) is 1.47. The van der Waals surface area contributed by atoms with Crippen molar-refractivity contribution in [3.63, 3.8) is 0 Å². The van der Waals surface area contributed by atoms with E-state index < -0.39 is 0 Å². The third-order valence-electron chi connectivity index (χ3n) is 2.34. The maximum atomic E-state index is 11.1. The van der Waals surface area contributed by atoms with E-state index in [0.29, 0.717) is 0 Å². The van der Waals surface area contributed by atoms with Crippen LogP contribution in [0.5, 0.6) is 0 Å². The van der Waals surface area contributed by atoms with Gasteiger partial charge in [-0.2, -0.15) is 0 Å². The highest BCUT2D eigenvalue weighted by atomic mass is 16.7. The second-order valence-corrected chi connectivity index (χ2v) is 3.32. The molecule has 0 aliphatic carbocycles. The van der Waals surface area contributed by atoms with Gasteiger partial charge in [0.25, 0.3) is 0 Å². The largest absolute Gasteiger partial charge is 0.367 e. The van der Waals surface area contributed by atoms with Crippen LogP contribution in [0.2, 0.25) is 0 Å². The van der Waals surface area contributed by atoms with Crippen LogP contribution in [0.3, 0.4) is 0 Å². The van der Waals surface area contributed by atoms with Crippen molar-refractivity contribution < 1.29 is 9.63 Å². The van der Waals surface area contributed by atoms with Gasteiger partial charge in [0.2, 0.25) is 0 Å². The summed E-state index contributed by atoms with van der Waals surface area (Å²) in [5.74, 6) is -0.137. The molecule has 1 saturated heterocycles. The van der Waals surface area contributed by atoms with Gasteiger partial charge in [-0.3, -0.25) is 0 Å². The van der Waals surface area contributed by atoms with Gasteiger partial charge in [-0.15, -0.1) is 5.06 Å². The van der Waals surface area contributed by atoms with Gasteiger partial charge in [0.05, 0.1) is 11.5 Å². The maximum Gasteiger partial charge on any atom is 0.332 e. The zero-order chi connectivity index (χ0) is 7.94. The van der Waals surface area contributed by atoms with Crippen molar-refractivity contribution in [3.05, 3.63) is 0 Å². The van der Waals surface area contributed by atoms with Crippen LogP contribution in [0.25, 0.3) is 0 Å². The van der Waals surface area contributed by atoms with Gasteiger partial charge >= 0.3 is 5.97 Å². The van der Waals surface area contributed by atoms with Crippen LogP contribution in [0.15, 0.2) is 0 Å². The molecule has 0 amide bonds. The van der Waals surface area contributed by atoms with Gasteiger partial charge in [-0.25, -0.2) is 4.79 Å². The average Bonchev–Trinajstić information content (AvgIpc) is 1.97. The SMILES string of the molecule is CC1N(C)OC(=O)C1(C)C. The highest BCUT2D eigenvalue weighted by Crippen LogP contribution is 2.32. The minimum absolute atomic E-state index is 0.137. The average molecular weight is 143 g/mol. The van der Waals surface area contributed by atoms with E-state index in [2.05, 4.69) is 0 Å². The van der Waals surface area contributed by atoms with E-state index in [1.807, 2.05) is 20.8 Å². The summed E-state index contributed by atoms with van der Waals surface area (Å²) in [6, 6.07) is 0.167. The normalized spacial score (nSPS) is 32.4. The molecule has 0 spiro atoms. The van der Waals surface area contributed by atoms with Crippen molar-refractivity contribution in [1.29, 1.82) is 0 Å². The molecule has 58 valence electrons. The number of hydrogen-bond donors (Lipinski definition) is 0. The maximum absolute atomic E-state index is 11.1. The standard InChI is InChI=1S/C7H13NO2/c1-5-7(2,3)6(9)10-8(5)4/h5H,1-4H3. The minimum atomic E-state index is -0.352. The number of nitrogens with zero attached hydrogens (tertiary/aromatic N) is 1. The first-order chi connectivity index (χ1) is 4.46. The van der Waals surface area contributed by atoms with Crippen molar-refractivity contribution in [2.45, 2.75) is 26.8 Å². The quantitative estimate of drug-likeness (QED) is 0.502. The van der Waals surface area contributed by atoms with E-state index in [1.165, 1.54) is 0 Å². The van der Waals surface area contributed by atoms with Crippen molar-refractivity contribution in [2.24, 2.45) is 5.41 Å². The molecule has 0 aromatic heterocycles. The number of rotatable bonds is 0. The monoisotopic (exact) mass is 143 g/mol. The van der Waals surface area contributed by atoms with E-state index in [4.69, 9.17) is 4.84 Å². The molecule has 1 aliphatic rings. The number of hydrogen-bond acceptors (Lipinski definition) is 3. The molecule has 0 aromatic rings. The Morgan fingerprint density at radius 3 is 2.20 bits per heavy atom. The molecule has 0 saturated carbocycles. The lowest BCUT2D eigenvalue weighted by molar-refractivity contribution is -0.169. The zero-order valence-corrected chi connectivity index (χ0v) is 6.84. The Hall–Kier alpha value is -0.570. The first-order valence-electron chi connectivity index (χ1n) is 3.41.